The number of benzene rings is 1. The number of fused-ring (bicyclic) bond motifs is 1. The van der Waals surface area contributed by atoms with Crippen LogP contribution in [0.15, 0.2) is 59.1 Å². The van der Waals surface area contributed by atoms with Gasteiger partial charge in [-0.15, -0.1) is 0 Å². The largest absolute Gasteiger partial charge is 0.465 e. The van der Waals surface area contributed by atoms with Crippen LogP contribution in [0.4, 0.5) is 5.82 Å². The standard InChI is InChI=1S/C21H16ClN3O4/c1-12-18(25-11-3-4-15(22)19(25)23-12)24-20(26)17-10-9-16(29-17)13-5-7-14(8-6-13)21(27)28-2/h3-11H,1-2H3,(H,24,26). The van der Waals surface area contributed by atoms with Crippen molar-refractivity contribution in [1.82, 2.24) is 9.38 Å². The zero-order chi connectivity index (χ0) is 20.5. The van der Waals surface area contributed by atoms with E-state index in [0.29, 0.717) is 33.5 Å². The van der Waals surface area contributed by atoms with E-state index in [1.54, 1.807) is 66.1 Å². The van der Waals surface area contributed by atoms with Crippen molar-refractivity contribution in [2.24, 2.45) is 0 Å². The fourth-order valence-electron chi connectivity index (χ4n) is 2.97. The lowest BCUT2D eigenvalue weighted by Crippen LogP contribution is -2.13. The Morgan fingerprint density at radius 3 is 2.62 bits per heavy atom. The van der Waals surface area contributed by atoms with Crippen molar-refractivity contribution in [3.63, 3.8) is 0 Å². The number of carbonyl (C=O) groups excluding carboxylic acids is 2. The Balaban J connectivity index is 1.57. The minimum absolute atomic E-state index is 0.147. The number of nitrogens with zero attached hydrogens (tertiary/aromatic N) is 2. The lowest BCUT2D eigenvalue weighted by molar-refractivity contribution is 0.0600. The summed E-state index contributed by atoms with van der Waals surface area (Å²) >= 11 is 6.16. The highest BCUT2D eigenvalue weighted by molar-refractivity contribution is 6.33. The maximum atomic E-state index is 12.7. The van der Waals surface area contributed by atoms with Gasteiger partial charge in [-0.05, 0) is 43.3 Å². The van der Waals surface area contributed by atoms with Gasteiger partial charge in [0.05, 0.1) is 23.4 Å². The first-order valence-electron chi connectivity index (χ1n) is 8.71. The number of furan rings is 1. The first-order valence-corrected chi connectivity index (χ1v) is 9.09. The number of nitrogens with one attached hydrogen (secondary N) is 1. The van der Waals surface area contributed by atoms with E-state index in [1.807, 2.05) is 0 Å². The van der Waals surface area contributed by atoms with Crippen molar-refractivity contribution in [3.05, 3.63) is 76.8 Å². The summed E-state index contributed by atoms with van der Waals surface area (Å²) in [4.78, 5) is 28.6. The number of hydrogen-bond acceptors (Lipinski definition) is 5. The molecule has 3 heterocycles. The van der Waals surface area contributed by atoms with Gasteiger partial charge in [0, 0.05) is 11.8 Å². The average Bonchev–Trinajstić information content (AvgIpc) is 3.34. The van der Waals surface area contributed by atoms with Gasteiger partial charge in [0.1, 0.15) is 11.6 Å². The van der Waals surface area contributed by atoms with Crippen LogP contribution in [0, 0.1) is 6.92 Å². The number of anilines is 1. The van der Waals surface area contributed by atoms with E-state index in [4.69, 9.17) is 16.0 Å². The SMILES string of the molecule is COC(=O)c1ccc(-c2ccc(C(=O)Nc3c(C)nc4c(Cl)cccn34)o2)cc1. The fraction of sp³-hybridized carbons (Fsp3) is 0.0952. The summed E-state index contributed by atoms with van der Waals surface area (Å²) in [6, 6.07) is 13.5. The molecule has 4 aromatic rings. The Bertz CT molecular complexity index is 1220. The molecule has 0 saturated carbocycles. The van der Waals surface area contributed by atoms with E-state index in [-0.39, 0.29) is 5.76 Å². The number of rotatable bonds is 4. The number of aryl methyl sites for hydroxylation is 1. The molecule has 146 valence electrons. The van der Waals surface area contributed by atoms with Gasteiger partial charge in [-0.2, -0.15) is 0 Å². The number of ether oxygens (including phenoxy) is 1. The number of carbonyl (C=O) groups is 2. The van der Waals surface area contributed by atoms with Crippen LogP contribution in [0.3, 0.4) is 0 Å². The third-order valence-electron chi connectivity index (χ3n) is 4.43. The number of amides is 1. The van der Waals surface area contributed by atoms with Gasteiger partial charge in [0.15, 0.2) is 11.4 Å². The van der Waals surface area contributed by atoms with E-state index < -0.39 is 11.9 Å². The molecule has 0 aliphatic rings. The molecule has 0 bridgehead atoms. The molecule has 0 unspecified atom stereocenters. The zero-order valence-electron chi connectivity index (χ0n) is 15.6. The summed E-state index contributed by atoms with van der Waals surface area (Å²) in [5.74, 6) is 0.345. The normalized spacial score (nSPS) is 10.9. The van der Waals surface area contributed by atoms with Crippen LogP contribution in [0.2, 0.25) is 5.02 Å². The summed E-state index contributed by atoms with van der Waals surface area (Å²) in [5.41, 5.74) is 2.36. The van der Waals surface area contributed by atoms with E-state index >= 15 is 0 Å². The van der Waals surface area contributed by atoms with Gasteiger partial charge < -0.3 is 14.5 Å². The van der Waals surface area contributed by atoms with Gasteiger partial charge >= 0.3 is 5.97 Å². The third kappa shape index (κ3) is 3.48. The van der Waals surface area contributed by atoms with Crippen LogP contribution in [0.1, 0.15) is 26.6 Å². The van der Waals surface area contributed by atoms with E-state index in [9.17, 15) is 9.59 Å². The van der Waals surface area contributed by atoms with Gasteiger partial charge in [0.2, 0.25) is 0 Å². The van der Waals surface area contributed by atoms with Crippen LogP contribution < -0.4 is 5.32 Å². The van der Waals surface area contributed by atoms with Crippen LogP contribution in [-0.4, -0.2) is 28.4 Å². The Morgan fingerprint density at radius 2 is 1.90 bits per heavy atom. The van der Waals surface area contributed by atoms with Gasteiger partial charge in [-0.3, -0.25) is 9.20 Å². The van der Waals surface area contributed by atoms with E-state index in [2.05, 4.69) is 15.0 Å². The van der Waals surface area contributed by atoms with Gasteiger partial charge in [-0.1, -0.05) is 23.7 Å². The number of hydrogen-bond donors (Lipinski definition) is 1. The maximum Gasteiger partial charge on any atom is 0.337 e. The highest BCUT2D eigenvalue weighted by atomic mass is 35.5. The number of pyridine rings is 1. The maximum absolute atomic E-state index is 12.7. The third-order valence-corrected chi connectivity index (χ3v) is 4.72. The van der Waals surface area contributed by atoms with E-state index in [1.165, 1.54) is 7.11 Å². The molecule has 29 heavy (non-hydrogen) atoms. The predicted octanol–water partition coefficient (Wildman–Crippen LogP) is 4.60. The van der Waals surface area contributed by atoms with Crippen molar-refractivity contribution in [2.45, 2.75) is 6.92 Å². The highest BCUT2D eigenvalue weighted by Crippen LogP contribution is 2.26. The van der Waals surface area contributed by atoms with Crippen LogP contribution in [0.5, 0.6) is 0 Å². The molecule has 0 atom stereocenters. The molecule has 1 amide bonds. The topological polar surface area (TPSA) is 85.8 Å². The fourth-order valence-corrected chi connectivity index (χ4v) is 3.18. The van der Waals surface area contributed by atoms with Crippen molar-refractivity contribution in [2.75, 3.05) is 12.4 Å². The summed E-state index contributed by atoms with van der Waals surface area (Å²) in [6.45, 7) is 1.79. The summed E-state index contributed by atoms with van der Waals surface area (Å²) < 4.78 is 12.1. The second-order valence-electron chi connectivity index (χ2n) is 6.28. The molecule has 0 saturated heterocycles. The van der Waals surface area contributed by atoms with Crippen molar-refractivity contribution in [3.8, 4) is 11.3 Å². The quantitative estimate of drug-likeness (QED) is 0.498. The van der Waals surface area contributed by atoms with E-state index in [0.717, 1.165) is 5.56 Å². The number of imidazole rings is 1. The molecule has 0 fully saturated rings. The number of methoxy groups -OCH3 is 1. The molecule has 0 aliphatic carbocycles. The highest BCUT2D eigenvalue weighted by Gasteiger charge is 2.18. The molecule has 0 aliphatic heterocycles. The number of esters is 1. The second-order valence-corrected chi connectivity index (χ2v) is 6.69. The lowest BCUT2D eigenvalue weighted by atomic mass is 10.1. The van der Waals surface area contributed by atoms with Crippen molar-refractivity contribution < 1.29 is 18.7 Å². The summed E-state index contributed by atoms with van der Waals surface area (Å²) in [7, 11) is 1.33. The molecule has 8 heteroatoms. The summed E-state index contributed by atoms with van der Waals surface area (Å²) in [5, 5.41) is 3.31. The molecular weight excluding hydrogens is 394 g/mol. The summed E-state index contributed by atoms with van der Waals surface area (Å²) in [6.07, 6.45) is 1.77. The molecule has 1 N–H and O–H groups in total. The minimum Gasteiger partial charge on any atom is -0.465 e. The predicted molar refractivity (Wildman–Crippen MR) is 108 cm³/mol. The molecule has 0 radical (unpaired) electrons. The number of halogens is 1. The Kier molecular flexibility index (Phi) is 4.82. The van der Waals surface area contributed by atoms with Crippen LogP contribution in [0.25, 0.3) is 17.0 Å². The second kappa shape index (κ2) is 7.44. The number of aromatic nitrogens is 2. The molecule has 3 aromatic heterocycles. The smallest absolute Gasteiger partial charge is 0.337 e. The Labute approximate surface area is 170 Å². The molecule has 7 nitrogen and oxygen atoms in total. The zero-order valence-corrected chi connectivity index (χ0v) is 16.4. The first kappa shape index (κ1) is 18.8. The van der Waals surface area contributed by atoms with Crippen molar-refractivity contribution in [1.29, 1.82) is 0 Å². The molecule has 0 spiro atoms. The Hall–Kier alpha value is -3.58. The first-order chi connectivity index (χ1) is 14.0. The van der Waals surface area contributed by atoms with Crippen LogP contribution in [-0.2, 0) is 4.74 Å². The monoisotopic (exact) mass is 409 g/mol. The van der Waals surface area contributed by atoms with Crippen LogP contribution >= 0.6 is 11.6 Å². The molecule has 4 rings (SSSR count). The van der Waals surface area contributed by atoms with Gasteiger partial charge in [0.25, 0.3) is 5.91 Å². The average molecular weight is 410 g/mol. The Morgan fingerprint density at radius 1 is 1.14 bits per heavy atom. The molecular formula is C21H16ClN3O4. The van der Waals surface area contributed by atoms with Crippen molar-refractivity contribution >= 4 is 34.9 Å². The minimum atomic E-state index is -0.417. The van der Waals surface area contributed by atoms with Gasteiger partial charge in [-0.25, -0.2) is 9.78 Å². The lowest BCUT2D eigenvalue weighted by Gasteiger charge is -2.05. The molecule has 1 aromatic carbocycles.